The van der Waals surface area contributed by atoms with E-state index < -0.39 is 5.97 Å². The van der Waals surface area contributed by atoms with Gasteiger partial charge in [-0.05, 0) is 25.1 Å². The summed E-state index contributed by atoms with van der Waals surface area (Å²) in [6, 6.07) is 8.47. The molecule has 80 valence electrons. The Morgan fingerprint density at radius 1 is 1.19 bits per heavy atom. The molecule has 0 unspecified atom stereocenters. The quantitative estimate of drug-likeness (QED) is 0.831. The number of carbonyl (C=O) groups is 1. The maximum Gasteiger partial charge on any atom is 0.335 e. The number of aryl methyl sites for hydroxylation is 1. The Kier molecular flexibility index (Phi) is 2.64. The van der Waals surface area contributed by atoms with Gasteiger partial charge in [0.05, 0.1) is 11.3 Å². The molecule has 0 aliphatic heterocycles. The number of hydrogen-bond donors (Lipinski definition) is 1. The first-order valence-electron chi connectivity index (χ1n) is 4.79. The highest BCUT2D eigenvalue weighted by Crippen LogP contribution is 2.17. The molecule has 0 amide bonds. The van der Waals surface area contributed by atoms with Crippen molar-refractivity contribution in [2.45, 2.75) is 6.92 Å². The molecule has 2 aromatic rings. The van der Waals surface area contributed by atoms with Crippen LogP contribution in [0.25, 0.3) is 11.3 Å². The molecule has 1 aromatic heterocycles. The molecular weight excluding hydrogens is 204 g/mol. The van der Waals surface area contributed by atoms with E-state index in [1.165, 1.54) is 6.33 Å². The first-order valence-corrected chi connectivity index (χ1v) is 4.79. The number of carboxylic acid groups (broad SMARTS) is 1. The first kappa shape index (κ1) is 10.3. The Morgan fingerprint density at radius 3 is 2.44 bits per heavy atom. The molecule has 0 atom stereocenters. The number of hydrogen-bond acceptors (Lipinski definition) is 3. The molecule has 0 saturated heterocycles. The van der Waals surface area contributed by atoms with Crippen LogP contribution in [0.5, 0.6) is 0 Å². The molecule has 1 heterocycles. The Morgan fingerprint density at radius 2 is 1.88 bits per heavy atom. The van der Waals surface area contributed by atoms with Crippen LogP contribution < -0.4 is 0 Å². The third kappa shape index (κ3) is 2.06. The van der Waals surface area contributed by atoms with Crippen molar-refractivity contribution in [2.75, 3.05) is 0 Å². The lowest BCUT2D eigenvalue weighted by Gasteiger charge is -2.01. The molecule has 1 N–H and O–H groups in total. The molecule has 0 spiro atoms. The minimum absolute atomic E-state index is 0.273. The second kappa shape index (κ2) is 4.10. The van der Waals surface area contributed by atoms with Gasteiger partial charge in [-0.2, -0.15) is 0 Å². The van der Waals surface area contributed by atoms with E-state index >= 15 is 0 Å². The second-order valence-corrected chi connectivity index (χ2v) is 3.43. The van der Waals surface area contributed by atoms with Crippen LogP contribution in [0.2, 0.25) is 0 Å². The third-order valence-electron chi connectivity index (χ3n) is 2.23. The average molecular weight is 214 g/mol. The predicted molar refractivity (Wildman–Crippen MR) is 59.2 cm³/mol. The number of aromatic nitrogens is 2. The van der Waals surface area contributed by atoms with Gasteiger partial charge in [0.2, 0.25) is 0 Å². The second-order valence-electron chi connectivity index (χ2n) is 3.43. The van der Waals surface area contributed by atoms with Gasteiger partial charge in [0, 0.05) is 11.3 Å². The van der Waals surface area contributed by atoms with E-state index in [1.807, 2.05) is 13.0 Å². The molecule has 16 heavy (non-hydrogen) atoms. The highest BCUT2D eigenvalue weighted by molar-refractivity contribution is 5.88. The highest BCUT2D eigenvalue weighted by atomic mass is 16.4. The Bertz CT molecular complexity index is 521. The zero-order chi connectivity index (χ0) is 11.5. The van der Waals surface area contributed by atoms with Crippen LogP contribution in [0.15, 0.2) is 36.7 Å². The summed E-state index contributed by atoms with van der Waals surface area (Å²) in [6.45, 7) is 1.89. The molecule has 0 aliphatic rings. The van der Waals surface area contributed by atoms with Crippen molar-refractivity contribution in [3.63, 3.8) is 0 Å². The minimum Gasteiger partial charge on any atom is -0.478 e. The van der Waals surface area contributed by atoms with E-state index in [2.05, 4.69) is 9.97 Å². The average Bonchev–Trinajstić information content (AvgIpc) is 2.29. The lowest BCUT2D eigenvalue weighted by molar-refractivity contribution is 0.0697. The Hall–Kier alpha value is -2.23. The van der Waals surface area contributed by atoms with Crippen molar-refractivity contribution < 1.29 is 9.90 Å². The van der Waals surface area contributed by atoms with Crippen molar-refractivity contribution >= 4 is 5.97 Å². The van der Waals surface area contributed by atoms with E-state index in [4.69, 9.17) is 5.11 Å². The van der Waals surface area contributed by atoms with Crippen molar-refractivity contribution in [1.82, 2.24) is 9.97 Å². The van der Waals surface area contributed by atoms with E-state index in [0.29, 0.717) is 0 Å². The molecule has 4 heteroatoms. The summed E-state index contributed by atoms with van der Waals surface area (Å²) >= 11 is 0. The van der Waals surface area contributed by atoms with Gasteiger partial charge in [-0.1, -0.05) is 12.1 Å². The zero-order valence-corrected chi connectivity index (χ0v) is 8.71. The fraction of sp³-hybridized carbons (Fsp3) is 0.0833. The van der Waals surface area contributed by atoms with Gasteiger partial charge in [0.25, 0.3) is 0 Å². The number of rotatable bonds is 2. The van der Waals surface area contributed by atoms with Gasteiger partial charge in [0.1, 0.15) is 6.33 Å². The molecule has 0 saturated carbocycles. The fourth-order valence-electron chi connectivity index (χ4n) is 1.40. The highest BCUT2D eigenvalue weighted by Gasteiger charge is 2.03. The standard InChI is InChI=1S/C12H10N2O2/c1-8-6-11(14-7-13-8)9-2-4-10(5-3-9)12(15)16/h2-7H,1H3,(H,15,16). The molecular formula is C12H10N2O2. The topological polar surface area (TPSA) is 63.1 Å². The molecule has 2 rings (SSSR count). The van der Waals surface area contributed by atoms with Gasteiger partial charge >= 0.3 is 5.97 Å². The maximum absolute atomic E-state index is 10.7. The number of carboxylic acids is 1. The zero-order valence-electron chi connectivity index (χ0n) is 8.71. The third-order valence-corrected chi connectivity index (χ3v) is 2.23. The van der Waals surface area contributed by atoms with E-state index in [0.717, 1.165) is 17.0 Å². The van der Waals surface area contributed by atoms with Gasteiger partial charge in [-0.25, -0.2) is 14.8 Å². The summed E-state index contributed by atoms with van der Waals surface area (Å²) in [4.78, 5) is 18.8. The monoisotopic (exact) mass is 214 g/mol. The van der Waals surface area contributed by atoms with Gasteiger partial charge in [0.15, 0.2) is 0 Å². The molecule has 0 bridgehead atoms. The van der Waals surface area contributed by atoms with Gasteiger partial charge < -0.3 is 5.11 Å². The number of nitrogens with zero attached hydrogens (tertiary/aromatic N) is 2. The van der Waals surface area contributed by atoms with Crippen LogP contribution in [-0.2, 0) is 0 Å². The summed E-state index contributed by atoms with van der Waals surface area (Å²) in [5.74, 6) is -0.926. The molecule has 0 radical (unpaired) electrons. The fourth-order valence-corrected chi connectivity index (χ4v) is 1.40. The van der Waals surface area contributed by atoms with Crippen LogP contribution in [0, 0.1) is 6.92 Å². The summed E-state index contributed by atoms with van der Waals surface area (Å²) in [5.41, 5.74) is 2.83. The molecule has 1 aromatic carbocycles. The first-order chi connectivity index (χ1) is 7.66. The lowest BCUT2D eigenvalue weighted by Crippen LogP contribution is -1.95. The van der Waals surface area contributed by atoms with Crippen molar-refractivity contribution in [1.29, 1.82) is 0 Å². The van der Waals surface area contributed by atoms with Crippen LogP contribution in [-0.4, -0.2) is 21.0 Å². The van der Waals surface area contributed by atoms with Crippen molar-refractivity contribution in [3.05, 3.63) is 47.9 Å². The Labute approximate surface area is 92.6 Å². The van der Waals surface area contributed by atoms with Crippen molar-refractivity contribution in [3.8, 4) is 11.3 Å². The Balaban J connectivity index is 2.38. The van der Waals surface area contributed by atoms with Crippen LogP contribution in [0.4, 0.5) is 0 Å². The minimum atomic E-state index is -0.926. The van der Waals surface area contributed by atoms with Crippen molar-refractivity contribution in [2.24, 2.45) is 0 Å². The van der Waals surface area contributed by atoms with E-state index in [1.54, 1.807) is 24.3 Å². The largest absolute Gasteiger partial charge is 0.478 e. The van der Waals surface area contributed by atoms with Crippen LogP contribution in [0.3, 0.4) is 0 Å². The number of benzene rings is 1. The molecule has 4 nitrogen and oxygen atoms in total. The van der Waals surface area contributed by atoms with Crippen LogP contribution in [0.1, 0.15) is 16.1 Å². The van der Waals surface area contributed by atoms with Crippen LogP contribution >= 0.6 is 0 Å². The van der Waals surface area contributed by atoms with Gasteiger partial charge in [-0.15, -0.1) is 0 Å². The smallest absolute Gasteiger partial charge is 0.335 e. The predicted octanol–water partition coefficient (Wildman–Crippen LogP) is 2.15. The maximum atomic E-state index is 10.7. The van der Waals surface area contributed by atoms with E-state index in [-0.39, 0.29) is 5.56 Å². The summed E-state index contributed by atoms with van der Waals surface area (Å²) < 4.78 is 0. The SMILES string of the molecule is Cc1cc(-c2ccc(C(=O)O)cc2)ncn1. The molecule has 0 fully saturated rings. The van der Waals surface area contributed by atoms with E-state index in [9.17, 15) is 4.79 Å². The lowest BCUT2D eigenvalue weighted by atomic mass is 10.1. The van der Waals surface area contributed by atoms with Gasteiger partial charge in [-0.3, -0.25) is 0 Å². The summed E-state index contributed by atoms with van der Waals surface area (Å²) in [6.07, 6.45) is 1.50. The summed E-state index contributed by atoms with van der Waals surface area (Å²) in [5, 5.41) is 8.76. The number of aromatic carboxylic acids is 1. The summed E-state index contributed by atoms with van der Waals surface area (Å²) in [7, 11) is 0. The molecule has 0 aliphatic carbocycles. The normalized spacial score (nSPS) is 10.1.